The van der Waals surface area contributed by atoms with E-state index in [1.54, 1.807) is 12.4 Å². The first-order valence-corrected chi connectivity index (χ1v) is 10.4. The minimum atomic E-state index is 0.166. The Morgan fingerprint density at radius 3 is 2.59 bits per heavy atom. The SMILES string of the molecule is N#CC1CCN(c2nccnc2C2CN(c3ccc4cc(Cl)ccc4n3)C2)CC1. The summed E-state index contributed by atoms with van der Waals surface area (Å²) < 4.78 is 0. The fourth-order valence-electron chi connectivity index (χ4n) is 4.19. The van der Waals surface area contributed by atoms with Crippen molar-refractivity contribution < 1.29 is 0 Å². The van der Waals surface area contributed by atoms with Crippen molar-refractivity contribution in [2.24, 2.45) is 5.92 Å². The Morgan fingerprint density at radius 1 is 1.00 bits per heavy atom. The summed E-state index contributed by atoms with van der Waals surface area (Å²) in [6.45, 7) is 3.50. The van der Waals surface area contributed by atoms with Crippen molar-refractivity contribution in [1.82, 2.24) is 15.0 Å². The minimum absolute atomic E-state index is 0.166. The van der Waals surface area contributed by atoms with Crippen LogP contribution in [0.3, 0.4) is 0 Å². The van der Waals surface area contributed by atoms with E-state index in [1.807, 2.05) is 18.2 Å². The molecule has 7 heteroatoms. The molecule has 2 aliphatic heterocycles. The monoisotopic (exact) mass is 404 g/mol. The van der Waals surface area contributed by atoms with Gasteiger partial charge in [0.15, 0.2) is 5.82 Å². The van der Waals surface area contributed by atoms with Gasteiger partial charge in [-0.25, -0.2) is 9.97 Å². The second kappa shape index (κ2) is 7.49. The van der Waals surface area contributed by atoms with Crippen LogP contribution in [0.4, 0.5) is 11.6 Å². The lowest BCUT2D eigenvalue weighted by Gasteiger charge is -2.41. The summed E-state index contributed by atoms with van der Waals surface area (Å²) in [7, 11) is 0. The van der Waals surface area contributed by atoms with Gasteiger partial charge in [0, 0.05) is 60.8 Å². The summed E-state index contributed by atoms with van der Waals surface area (Å²) in [6, 6.07) is 12.3. The molecule has 0 saturated carbocycles. The first-order valence-electron chi connectivity index (χ1n) is 9.98. The summed E-state index contributed by atoms with van der Waals surface area (Å²) in [5.41, 5.74) is 2.02. The van der Waals surface area contributed by atoms with Gasteiger partial charge in [-0.15, -0.1) is 0 Å². The van der Waals surface area contributed by atoms with Crippen molar-refractivity contribution >= 4 is 34.1 Å². The smallest absolute Gasteiger partial charge is 0.150 e. The van der Waals surface area contributed by atoms with Crippen molar-refractivity contribution in [1.29, 1.82) is 5.26 Å². The second-order valence-electron chi connectivity index (χ2n) is 7.76. The van der Waals surface area contributed by atoms with Crippen molar-refractivity contribution in [3.8, 4) is 6.07 Å². The van der Waals surface area contributed by atoms with E-state index in [0.717, 1.165) is 72.3 Å². The Morgan fingerprint density at radius 2 is 1.79 bits per heavy atom. The van der Waals surface area contributed by atoms with Crippen LogP contribution in [-0.2, 0) is 0 Å². The molecule has 29 heavy (non-hydrogen) atoms. The largest absolute Gasteiger partial charge is 0.355 e. The third-order valence-electron chi connectivity index (χ3n) is 5.91. The van der Waals surface area contributed by atoms with Gasteiger partial charge in [-0.2, -0.15) is 5.26 Å². The van der Waals surface area contributed by atoms with Gasteiger partial charge in [0.05, 0.1) is 17.3 Å². The van der Waals surface area contributed by atoms with Crippen molar-refractivity contribution in [2.45, 2.75) is 18.8 Å². The van der Waals surface area contributed by atoms with E-state index in [2.05, 4.69) is 38.0 Å². The van der Waals surface area contributed by atoms with Crippen molar-refractivity contribution in [2.75, 3.05) is 36.0 Å². The van der Waals surface area contributed by atoms with Crippen molar-refractivity contribution in [3.05, 3.63) is 53.4 Å². The van der Waals surface area contributed by atoms with Gasteiger partial charge < -0.3 is 9.80 Å². The Balaban J connectivity index is 1.31. The van der Waals surface area contributed by atoms with Crippen LogP contribution in [-0.4, -0.2) is 41.1 Å². The van der Waals surface area contributed by atoms with E-state index < -0.39 is 0 Å². The predicted molar refractivity (Wildman–Crippen MR) is 114 cm³/mol. The van der Waals surface area contributed by atoms with Gasteiger partial charge in [0.1, 0.15) is 5.82 Å². The molecule has 0 unspecified atom stereocenters. The molecule has 6 nitrogen and oxygen atoms in total. The van der Waals surface area contributed by atoms with Crippen LogP contribution in [0, 0.1) is 17.2 Å². The number of hydrogen-bond donors (Lipinski definition) is 0. The Hall–Kier alpha value is -2.91. The van der Waals surface area contributed by atoms with E-state index >= 15 is 0 Å². The predicted octanol–water partition coefficient (Wildman–Crippen LogP) is 4.02. The zero-order chi connectivity index (χ0) is 19.8. The Bertz CT molecular complexity index is 1080. The average Bonchev–Trinajstić information content (AvgIpc) is 2.73. The molecule has 0 N–H and O–H groups in total. The number of rotatable bonds is 3. The number of benzene rings is 1. The zero-order valence-electron chi connectivity index (χ0n) is 16.0. The number of aromatic nitrogens is 3. The standard InChI is InChI=1S/C22H21ClN6/c23-18-2-3-19-16(11-18)1-4-20(27-19)29-13-17(14-29)21-22(26-8-7-25-21)28-9-5-15(12-24)6-10-28/h1-4,7-8,11,15,17H,5-6,9-10,13-14H2. The average molecular weight is 405 g/mol. The van der Waals surface area contributed by atoms with Crippen LogP contribution in [0.1, 0.15) is 24.5 Å². The molecule has 2 aromatic heterocycles. The number of piperidine rings is 1. The van der Waals surface area contributed by atoms with Crippen LogP contribution in [0.25, 0.3) is 10.9 Å². The number of halogens is 1. The van der Waals surface area contributed by atoms with E-state index in [-0.39, 0.29) is 5.92 Å². The lowest BCUT2D eigenvalue weighted by Crippen LogP contribution is -2.47. The molecule has 0 atom stereocenters. The first-order chi connectivity index (χ1) is 14.2. The molecular weight excluding hydrogens is 384 g/mol. The van der Waals surface area contributed by atoms with Crippen molar-refractivity contribution in [3.63, 3.8) is 0 Å². The molecule has 2 fully saturated rings. The highest BCUT2D eigenvalue weighted by Crippen LogP contribution is 2.35. The maximum absolute atomic E-state index is 9.14. The van der Waals surface area contributed by atoms with Gasteiger partial charge >= 0.3 is 0 Å². The number of anilines is 2. The van der Waals surface area contributed by atoms with Crippen LogP contribution in [0.15, 0.2) is 42.7 Å². The van der Waals surface area contributed by atoms with Crippen LogP contribution in [0.5, 0.6) is 0 Å². The van der Waals surface area contributed by atoms with Gasteiger partial charge in [0.2, 0.25) is 0 Å². The number of nitriles is 1. The topological polar surface area (TPSA) is 68.9 Å². The van der Waals surface area contributed by atoms with E-state index in [4.69, 9.17) is 21.8 Å². The Kier molecular flexibility index (Phi) is 4.69. The molecule has 2 aliphatic rings. The highest BCUT2D eigenvalue weighted by atomic mass is 35.5. The molecule has 0 bridgehead atoms. The normalized spacial score (nSPS) is 17.9. The second-order valence-corrected chi connectivity index (χ2v) is 8.20. The van der Waals surface area contributed by atoms with Gasteiger partial charge in [-0.3, -0.25) is 4.98 Å². The number of fused-ring (bicyclic) bond motifs is 1. The molecule has 0 radical (unpaired) electrons. The lowest BCUT2D eigenvalue weighted by atomic mass is 9.94. The molecule has 0 aliphatic carbocycles. The molecule has 146 valence electrons. The quantitative estimate of drug-likeness (QED) is 0.656. The van der Waals surface area contributed by atoms with E-state index in [9.17, 15) is 0 Å². The van der Waals surface area contributed by atoms with Gasteiger partial charge in [-0.1, -0.05) is 11.6 Å². The molecule has 4 heterocycles. The first kappa shape index (κ1) is 18.1. The highest BCUT2D eigenvalue weighted by molar-refractivity contribution is 6.31. The summed E-state index contributed by atoms with van der Waals surface area (Å²) in [4.78, 5) is 18.7. The molecule has 1 aromatic carbocycles. The maximum Gasteiger partial charge on any atom is 0.150 e. The molecule has 0 amide bonds. The summed E-state index contributed by atoms with van der Waals surface area (Å²) >= 11 is 6.07. The molecule has 2 saturated heterocycles. The number of pyridine rings is 1. The molecule has 0 spiro atoms. The van der Waals surface area contributed by atoms with Crippen LogP contribution >= 0.6 is 11.6 Å². The van der Waals surface area contributed by atoms with Crippen LogP contribution < -0.4 is 9.80 Å². The highest BCUT2D eigenvalue weighted by Gasteiger charge is 2.34. The van der Waals surface area contributed by atoms with E-state index in [0.29, 0.717) is 5.92 Å². The molecule has 3 aromatic rings. The number of hydrogen-bond acceptors (Lipinski definition) is 6. The van der Waals surface area contributed by atoms with E-state index in [1.165, 1.54) is 0 Å². The van der Waals surface area contributed by atoms with Crippen LogP contribution in [0.2, 0.25) is 5.02 Å². The summed E-state index contributed by atoms with van der Waals surface area (Å²) in [5.74, 6) is 2.47. The summed E-state index contributed by atoms with van der Waals surface area (Å²) in [5, 5.41) is 10.9. The third-order valence-corrected chi connectivity index (χ3v) is 6.15. The van der Waals surface area contributed by atoms with Gasteiger partial charge in [-0.05, 0) is 43.2 Å². The molecule has 5 rings (SSSR count). The maximum atomic E-state index is 9.14. The van der Waals surface area contributed by atoms with Gasteiger partial charge in [0.25, 0.3) is 0 Å². The lowest BCUT2D eigenvalue weighted by molar-refractivity contribution is 0.473. The fraction of sp³-hybridized carbons (Fsp3) is 0.364. The third kappa shape index (κ3) is 3.47. The minimum Gasteiger partial charge on any atom is -0.355 e. The molecular formula is C22H21ClN6. The number of nitrogens with zero attached hydrogens (tertiary/aromatic N) is 6. The Labute approximate surface area is 174 Å². The zero-order valence-corrected chi connectivity index (χ0v) is 16.8. The summed E-state index contributed by atoms with van der Waals surface area (Å²) in [6.07, 6.45) is 5.34. The fourth-order valence-corrected chi connectivity index (χ4v) is 4.37.